The molecule has 0 aliphatic carbocycles. The van der Waals surface area contributed by atoms with Crippen molar-refractivity contribution in [2.75, 3.05) is 32.7 Å². The minimum Gasteiger partial charge on any atom is -0.389 e. The maximum Gasteiger partial charge on any atom is 0.225 e. The van der Waals surface area contributed by atoms with Crippen molar-refractivity contribution in [1.82, 2.24) is 9.80 Å². The maximum atomic E-state index is 11.9. The Morgan fingerprint density at radius 1 is 1.10 bits per heavy atom. The number of nitrogens with zero attached hydrogens (tertiary/aromatic N) is 2. The summed E-state index contributed by atoms with van der Waals surface area (Å²) in [5, 5.41) is 29.0. The maximum absolute atomic E-state index is 11.9. The van der Waals surface area contributed by atoms with Crippen LogP contribution in [0.1, 0.15) is 26.7 Å². The van der Waals surface area contributed by atoms with Crippen molar-refractivity contribution in [1.29, 1.82) is 0 Å². The van der Waals surface area contributed by atoms with E-state index in [0.29, 0.717) is 19.0 Å². The molecule has 2 unspecified atom stereocenters. The van der Waals surface area contributed by atoms with E-state index in [1.807, 2.05) is 23.6 Å². The summed E-state index contributed by atoms with van der Waals surface area (Å²) in [6, 6.07) is 0. The van der Waals surface area contributed by atoms with Crippen molar-refractivity contribution in [2.24, 2.45) is 11.8 Å². The number of hydrogen-bond donors (Lipinski definition) is 3. The van der Waals surface area contributed by atoms with Crippen LogP contribution in [0.3, 0.4) is 0 Å². The quantitative estimate of drug-likeness (QED) is 0.640. The number of rotatable bonds is 3. The fourth-order valence-corrected chi connectivity index (χ4v) is 3.29. The molecule has 0 radical (unpaired) electrons. The SMILES string of the molecule is CC(C)C(=O)N1CCC(CN2CC(O)C(O)C(O)C2)CC1. The summed E-state index contributed by atoms with van der Waals surface area (Å²) in [5.41, 5.74) is 0. The van der Waals surface area contributed by atoms with Gasteiger partial charge < -0.3 is 20.2 Å². The van der Waals surface area contributed by atoms with E-state index in [2.05, 4.69) is 0 Å². The number of hydrogen-bond acceptors (Lipinski definition) is 5. The highest BCUT2D eigenvalue weighted by molar-refractivity contribution is 5.78. The van der Waals surface area contributed by atoms with Crippen molar-refractivity contribution < 1.29 is 20.1 Å². The number of carbonyl (C=O) groups excluding carboxylic acids is 1. The summed E-state index contributed by atoms with van der Waals surface area (Å²) in [6.45, 7) is 7.07. The first-order chi connectivity index (χ1) is 9.88. The molecule has 3 N–H and O–H groups in total. The molecule has 122 valence electrons. The Hall–Kier alpha value is -0.690. The number of aliphatic hydroxyl groups is 3. The Labute approximate surface area is 126 Å². The molecular formula is C15H28N2O4. The predicted molar refractivity (Wildman–Crippen MR) is 78.6 cm³/mol. The summed E-state index contributed by atoms with van der Waals surface area (Å²) in [5.74, 6) is 0.756. The molecule has 0 saturated carbocycles. The topological polar surface area (TPSA) is 84.2 Å². The molecule has 2 aliphatic heterocycles. The molecule has 6 heteroatoms. The van der Waals surface area contributed by atoms with E-state index in [4.69, 9.17) is 0 Å². The lowest BCUT2D eigenvalue weighted by atomic mass is 9.93. The van der Waals surface area contributed by atoms with Gasteiger partial charge in [-0.1, -0.05) is 13.8 Å². The van der Waals surface area contributed by atoms with Gasteiger partial charge in [0, 0.05) is 38.6 Å². The van der Waals surface area contributed by atoms with Gasteiger partial charge in [-0.05, 0) is 18.8 Å². The molecule has 0 aromatic heterocycles. The minimum absolute atomic E-state index is 0.0513. The van der Waals surface area contributed by atoms with Gasteiger partial charge in [-0.25, -0.2) is 0 Å². The van der Waals surface area contributed by atoms with Crippen LogP contribution in [0.15, 0.2) is 0 Å². The number of aliphatic hydroxyl groups excluding tert-OH is 3. The number of amides is 1. The van der Waals surface area contributed by atoms with Gasteiger partial charge in [0.15, 0.2) is 0 Å². The van der Waals surface area contributed by atoms with Crippen molar-refractivity contribution in [3.8, 4) is 0 Å². The second kappa shape index (κ2) is 7.05. The fraction of sp³-hybridized carbons (Fsp3) is 0.933. The van der Waals surface area contributed by atoms with Crippen LogP contribution in [0.2, 0.25) is 0 Å². The molecule has 6 nitrogen and oxygen atoms in total. The van der Waals surface area contributed by atoms with Crippen molar-refractivity contribution in [3.63, 3.8) is 0 Å². The fourth-order valence-electron chi connectivity index (χ4n) is 3.29. The minimum atomic E-state index is -1.04. The van der Waals surface area contributed by atoms with E-state index >= 15 is 0 Å². The lowest BCUT2D eigenvalue weighted by molar-refractivity contribution is -0.136. The largest absolute Gasteiger partial charge is 0.389 e. The lowest BCUT2D eigenvalue weighted by Crippen LogP contribution is -2.56. The average molecular weight is 300 g/mol. The van der Waals surface area contributed by atoms with Crippen molar-refractivity contribution in [3.05, 3.63) is 0 Å². The van der Waals surface area contributed by atoms with E-state index < -0.39 is 18.3 Å². The van der Waals surface area contributed by atoms with Gasteiger partial charge in [-0.3, -0.25) is 9.69 Å². The molecule has 2 atom stereocenters. The van der Waals surface area contributed by atoms with Crippen LogP contribution in [0, 0.1) is 11.8 Å². The Kier molecular flexibility index (Phi) is 5.60. The third-order valence-electron chi connectivity index (χ3n) is 4.62. The Balaban J connectivity index is 1.77. The summed E-state index contributed by atoms with van der Waals surface area (Å²) in [6.07, 6.45) is -0.868. The molecule has 0 aromatic carbocycles. The highest BCUT2D eigenvalue weighted by Crippen LogP contribution is 2.22. The van der Waals surface area contributed by atoms with Crippen LogP contribution in [0.25, 0.3) is 0 Å². The highest BCUT2D eigenvalue weighted by atomic mass is 16.4. The molecule has 2 heterocycles. The zero-order valence-electron chi connectivity index (χ0n) is 13.0. The zero-order chi connectivity index (χ0) is 15.6. The molecule has 1 amide bonds. The van der Waals surface area contributed by atoms with Gasteiger partial charge in [0.25, 0.3) is 0 Å². The van der Waals surface area contributed by atoms with Crippen LogP contribution in [0.4, 0.5) is 0 Å². The Bertz CT molecular complexity index is 344. The summed E-state index contributed by atoms with van der Waals surface area (Å²) in [4.78, 5) is 15.9. The number of β-amino-alcohol motifs (C(OH)–C–C–N with tert-alkyl or cyclic N) is 2. The van der Waals surface area contributed by atoms with Crippen LogP contribution in [-0.4, -0.2) is 82.1 Å². The van der Waals surface area contributed by atoms with E-state index in [1.165, 1.54) is 0 Å². The third-order valence-corrected chi connectivity index (χ3v) is 4.62. The summed E-state index contributed by atoms with van der Waals surface area (Å²) < 4.78 is 0. The molecule has 21 heavy (non-hydrogen) atoms. The molecular weight excluding hydrogens is 272 g/mol. The van der Waals surface area contributed by atoms with Gasteiger partial charge in [0.1, 0.15) is 6.10 Å². The van der Waals surface area contributed by atoms with Gasteiger partial charge in [0.2, 0.25) is 5.91 Å². The van der Waals surface area contributed by atoms with E-state index in [9.17, 15) is 20.1 Å². The summed E-state index contributed by atoms with van der Waals surface area (Å²) >= 11 is 0. The standard InChI is InChI=1S/C15H28N2O4/c1-10(2)15(21)17-5-3-11(4-6-17)7-16-8-12(18)14(20)13(19)9-16/h10-14,18-20H,3-9H2,1-2H3. The molecule has 2 rings (SSSR count). The zero-order valence-corrected chi connectivity index (χ0v) is 13.0. The first-order valence-corrected chi connectivity index (χ1v) is 7.93. The predicted octanol–water partition coefficient (Wildman–Crippen LogP) is -0.721. The van der Waals surface area contributed by atoms with Crippen LogP contribution < -0.4 is 0 Å². The van der Waals surface area contributed by atoms with Gasteiger partial charge in [-0.2, -0.15) is 0 Å². The third kappa shape index (κ3) is 4.16. The normalized spacial score (nSPS) is 32.7. The van der Waals surface area contributed by atoms with E-state index in [0.717, 1.165) is 32.5 Å². The lowest BCUT2D eigenvalue weighted by Gasteiger charge is -2.40. The smallest absolute Gasteiger partial charge is 0.225 e. The molecule has 0 bridgehead atoms. The van der Waals surface area contributed by atoms with Crippen LogP contribution in [0.5, 0.6) is 0 Å². The second-order valence-corrected chi connectivity index (χ2v) is 6.77. The second-order valence-electron chi connectivity index (χ2n) is 6.77. The Morgan fingerprint density at radius 2 is 1.62 bits per heavy atom. The first-order valence-electron chi connectivity index (χ1n) is 7.93. The van der Waals surface area contributed by atoms with E-state index in [1.54, 1.807) is 0 Å². The Morgan fingerprint density at radius 3 is 2.10 bits per heavy atom. The van der Waals surface area contributed by atoms with E-state index in [-0.39, 0.29) is 11.8 Å². The van der Waals surface area contributed by atoms with Gasteiger partial charge in [-0.15, -0.1) is 0 Å². The van der Waals surface area contributed by atoms with Gasteiger partial charge in [0.05, 0.1) is 12.2 Å². The van der Waals surface area contributed by atoms with Gasteiger partial charge >= 0.3 is 0 Å². The molecule has 0 aromatic rings. The first kappa shape index (κ1) is 16.7. The molecule has 2 aliphatic rings. The molecule has 2 saturated heterocycles. The van der Waals surface area contributed by atoms with Crippen LogP contribution in [-0.2, 0) is 4.79 Å². The molecule has 0 spiro atoms. The monoisotopic (exact) mass is 300 g/mol. The van der Waals surface area contributed by atoms with Crippen molar-refractivity contribution >= 4 is 5.91 Å². The summed E-state index contributed by atoms with van der Waals surface area (Å²) in [7, 11) is 0. The average Bonchev–Trinajstić information content (AvgIpc) is 2.44. The van der Waals surface area contributed by atoms with Crippen LogP contribution >= 0.6 is 0 Å². The highest BCUT2D eigenvalue weighted by Gasteiger charge is 2.34. The van der Waals surface area contributed by atoms with Crippen molar-refractivity contribution in [2.45, 2.75) is 45.0 Å². The molecule has 2 fully saturated rings. The number of piperidine rings is 2. The number of carbonyl (C=O) groups is 1. The number of likely N-dealkylation sites (tertiary alicyclic amines) is 2.